The Bertz CT molecular complexity index is 964. The number of aromatic nitrogens is 1. The molecule has 0 aliphatic heterocycles. The molecule has 0 aliphatic carbocycles. The van der Waals surface area contributed by atoms with Crippen molar-refractivity contribution in [3.8, 4) is 5.75 Å². The number of nitrogens with one attached hydrogen (secondary N) is 2. The third-order valence-corrected chi connectivity index (χ3v) is 4.16. The van der Waals surface area contributed by atoms with Crippen LogP contribution in [0.15, 0.2) is 71.5 Å². The van der Waals surface area contributed by atoms with Crippen LogP contribution in [0.3, 0.4) is 0 Å². The Kier molecular flexibility index (Phi) is 5.17. The number of carbonyl (C=O) groups is 1. The molecule has 0 fully saturated rings. The van der Waals surface area contributed by atoms with E-state index in [1.807, 2.05) is 54.6 Å². The Morgan fingerprint density at radius 3 is 2.38 bits per heavy atom. The minimum absolute atomic E-state index is 0.0754. The van der Waals surface area contributed by atoms with Crippen LogP contribution in [0.2, 0.25) is 0 Å². The van der Waals surface area contributed by atoms with Crippen LogP contribution in [0, 0.1) is 6.92 Å². The summed E-state index contributed by atoms with van der Waals surface area (Å²) in [6.45, 7) is 1.77. The van der Waals surface area contributed by atoms with Crippen molar-refractivity contribution in [1.29, 1.82) is 0 Å². The number of carbonyl (C=O) groups excluding carboxylic acids is 1. The van der Waals surface area contributed by atoms with Crippen LogP contribution in [0.25, 0.3) is 0 Å². The second-order valence-electron chi connectivity index (χ2n) is 5.94. The molecule has 2 N–H and O–H groups in total. The van der Waals surface area contributed by atoms with Gasteiger partial charge in [0.2, 0.25) is 0 Å². The average Bonchev–Trinajstić information content (AvgIpc) is 2.66. The van der Waals surface area contributed by atoms with Crippen LogP contribution in [-0.2, 0) is 0 Å². The van der Waals surface area contributed by atoms with Gasteiger partial charge in [-0.25, -0.2) is 0 Å². The number of hydrogen-bond donors (Lipinski definition) is 2. The van der Waals surface area contributed by atoms with Crippen molar-refractivity contribution in [2.45, 2.75) is 13.0 Å². The molecule has 2 aromatic carbocycles. The van der Waals surface area contributed by atoms with Gasteiger partial charge in [0, 0.05) is 11.3 Å². The molecule has 1 atom stereocenters. The highest BCUT2D eigenvalue weighted by Crippen LogP contribution is 2.30. The first-order valence-electron chi connectivity index (χ1n) is 8.29. The smallest absolute Gasteiger partial charge is 0.260 e. The minimum atomic E-state index is -0.444. The molecule has 26 heavy (non-hydrogen) atoms. The number of aromatic amines is 1. The molecular formula is C21H20N2O3. The van der Waals surface area contributed by atoms with Gasteiger partial charge in [-0.3, -0.25) is 9.59 Å². The van der Waals surface area contributed by atoms with Gasteiger partial charge in [-0.15, -0.1) is 0 Å². The van der Waals surface area contributed by atoms with Gasteiger partial charge in [-0.05, 0) is 30.7 Å². The standard InChI is InChI=1S/C21H20N2O3/c1-14-12-13-17(20(24)22-14)21(25)23-19(15-8-4-3-5-9-15)16-10-6-7-11-18(16)26-2/h3-13,19H,1-2H3,(H,22,24)(H,23,25). The number of methoxy groups -OCH3 is 1. The van der Waals surface area contributed by atoms with Crippen molar-refractivity contribution in [3.05, 3.63) is 99.5 Å². The molecule has 1 aromatic heterocycles. The fraction of sp³-hybridized carbons (Fsp3) is 0.143. The lowest BCUT2D eigenvalue weighted by molar-refractivity contribution is 0.0941. The predicted octanol–water partition coefficient (Wildman–Crippen LogP) is 3.21. The molecule has 1 heterocycles. The normalized spacial score (nSPS) is 11.6. The molecule has 0 saturated heterocycles. The Morgan fingerprint density at radius 2 is 1.69 bits per heavy atom. The SMILES string of the molecule is COc1ccccc1C(NC(=O)c1ccc(C)[nH]c1=O)c1ccccc1. The van der Waals surface area contributed by atoms with E-state index in [1.165, 1.54) is 6.07 Å². The monoisotopic (exact) mass is 348 g/mol. The van der Waals surface area contributed by atoms with Crippen molar-refractivity contribution < 1.29 is 9.53 Å². The highest BCUT2D eigenvalue weighted by molar-refractivity contribution is 5.94. The molecule has 5 nitrogen and oxygen atoms in total. The van der Waals surface area contributed by atoms with Crippen molar-refractivity contribution in [2.24, 2.45) is 0 Å². The van der Waals surface area contributed by atoms with Crippen LogP contribution in [0.1, 0.15) is 33.2 Å². The van der Waals surface area contributed by atoms with Crippen LogP contribution in [0.5, 0.6) is 5.75 Å². The number of hydrogen-bond acceptors (Lipinski definition) is 3. The second kappa shape index (κ2) is 7.70. The van der Waals surface area contributed by atoms with Gasteiger partial charge >= 0.3 is 0 Å². The maximum absolute atomic E-state index is 12.8. The first-order valence-corrected chi connectivity index (χ1v) is 8.29. The van der Waals surface area contributed by atoms with Gasteiger partial charge in [0.15, 0.2) is 0 Å². The highest BCUT2D eigenvalue weighted by Gasteiger charge is 2.22. The average molecular weight is 348 g/mol. The van der Waals surface area contributed by atoms with Gasteiger partial charge in [-0.1, -0.05) is 48.5 Å². The van der Waals surface area contributed by atoms with Crippen LogP contribution < -0.4 is 15.6 Å². The third kappa shape index (κ3) is 3.67. The summed E-state index contributed by atoms with van der Waals surface area (Å²) < 4.78 is 5.46. The molecule has 0 radical (unpaired) electrons. The minimum Gasteiger partial charge on any atom is -0.496 e. The van der Waals surface area contributed by atoms with Crippen LogP contribution in [-0.4, -0.2) is 18.0 Å². The van der Waals surface area contributed by atoms with Crippen molar-refractivity contribution >= 4 is 5.91 Å². The third-order valence-electron chi connectivity index (χ3n) is 4.16. The summed E-state index contributed by atoms with van der Waals surface area (Å²) in [4.78, 5) is 27.5. The number of para-hydroxylation sites is 1. The number of pyridine rings is 1. The van der Waals surface area contributed by atoms with E-state index in [0.717, 1.165) is 11.1 Å². The molecule has 0 saturated carbocycles. The molecule has 0 spiro atoms. The Morgan fingerprint density at radius 1 is 1.00 bits per heavy atom. The van der Waals surface area contributed by atoms with E-state index in [2.05, 4.69) is 10.3 Å². The summed E-state index contributed by atoms with van der Waals surface area (Å²) in [7, 11) is 1.59. The number of ether oxygens (including phenoxy) is 1. The van der Waals surface area contributed by atoms with E-state index in [9.17, 15) is 9.59 Å². The zero-order chi connectivity index (χ0) is 18.5. The maximum atomic E-state index is 12.8. The van der Waals surface area contributed by atoms with Crippen molar-refractivity contribution in [2.75, 3.05) is 7.11 Å². The maximum Gasteiger partial charge on any atom is 0.260 e. The first-order chi connectivity index (χ1) is 12.6. The lowest BCUT2D eigenvalue weighted by Crippen LogP contribution is -2.33. The number of rotatable bonds is 5. The Balaban J connectivity index is 2.02. The largest absolute Gasteiger partial charge is 0.496 e. The fourth-order valence-electron chi connectivity index (χ4n) is 2.85. The van der Waals surface area contributed by atoms with Crippen LogP contribution in [0.4, 0.5) is 0 Å². The molecule has 1 amide bonds. The van der Waals surface area contributed by atoms with E-state index >= 15 is 0 Å². The lowest BCUT2D eigenvalue weighted by Gasteiger charge is -2.22. The molecule has 132 valence electrons. The van der Waals surface area contributed by atoms with E-state index < -0.39 is 17.5 Å². The zero-order valence-electron chi connectivity index (χ0n) is 14.7. The summed E-state index contributed by atoms with van der Waals surface area (Å²) in [5.41, 5.74) is 2.09. The topological polar surface area (TPSA) is 71.2 Å². The van der Waals surface area contributed by atoms with E-state index in [1.54, 1.807) is 20.1 Å². The van der Waals surface area contributed by atoms with Gasteiger partial charge in [0.05, 0.1) is 13.2 Å². The molecule has 3 rings (SSSR count). The van der Waals surface area contributed by atoms with Gasteiger partial charge < -0.3 is 15.0 Å². The Hall–Kier alpha value is -3.34. The number of H-pyrrole nitrogens is 1. The van der Waals surface area contributed by atoms with Gasteiger partial charge in [0.25, 0.3) is 11.5 Å². The van der Waals surface area contributed by atoms with E-state index in [0.29, 0.717) is 11.4 Å². The molecule has 0 bridgehead atoms. The highest BCUT2D eigenvalue weighted by atomic mass is 16.5. The molecule has 3 aromatic rings. The van der Waals surface area contributed by atoms with Gasteiger partial charge in [-0.2, -0.15) is 0 Å². The summed E-state index contributed by atoms with van der Waals surface area (Å²) in [5, 5.41) is 2.96. The van der Waals surface area contributed by atoms with Crippen molar-refractivity contribution in [1.82, 2.24) is 10.3 Å². The fourth-order valence-corrected chi connectivity index (χ4v) is 2.85. The first kappa shape index (κ1) is 17.5. The molecule has 5 heteroatoms. The zero-order valence-corrected chi connectivity index (χ0v) is 14.7. The summed E-state index contributed by atoms with van der Waals surface area (Å²) in [6.07, 6.45) is 0. The number of amides is 1. The summed E-state index contributed by atoms with van der Waals surface area (Å²) in [6, 6.07) is 19.9. The summed E-state index contributed by atoms with van der Waals surface area (Å²) in [5.74, 6) is 0.227. The van der Waals surface area contributed by atoms with E-state index in [-0.39, 0.29) is 5.56 Å². The summed E-state index contributed by atoms with van der Waals surface area (Å²) >= 11 is 0. The van der Waals surface area contributed by atoms with Crippen LogP contribution >= 0.6 is 0 Å². The second-order valence-corrected chi connectivity index (χ2v) is 5.94. The van der Waals surface area contributed by atoms with Gasteiger partial charge in [0.1, 0.15) is 11.3 Å². The lowest BCUT2D eigenvalue weighted by atomic mass is 9.97. The molecule has 0 aliphatic rings. The molecular weight excluding hydrogens is 328 g/mol. The number of benzene rings is 2. The van der Waals surface area contributed by atoms with E-state index in [4.69, 9.17) is 4.74 Å². The number of aryl methyl sites for hydroxylation is 1. The quantitative estimate of drug-likeness (QED) is 0.744. The predicted molar refractivity (Wildman–Crippen MR) is 101 cm³/mol. The molecule has 1 unspecified atom stereocenters. The Labute approximate surface area is 151 Å². The van der Waals surface area contributed by atoms with Crippen molar-refractivity contribution in [3.63, 3.8) is 0 Å².